The first-order valence-corrected chi connectivity index (χ1v) is 8.07. The second-order valence-electron chi connectivity index (χ2n) is 5.63. The molecule has 1 aliphatic carbocycles. The molecule has 1 aliphatic rings. The maximum Gasteiger partial charge on any atom is 0.407 e. The average Bonchev–Trinajstić information content (AvgIpc) is 3.22. The third kappa shape index (κ3) is 3.16. The Balaban J connectivity index is 1.55. The van der Waals surface area contributed by atoms with E-state index < -0.39 is 6.09 Å². The van der Waals surface area contributed by atoms with Crippen molar-refractivity contribution in [3.8, 4) is 0 Å². The molecule has 5 nitrogen and oxygen atoms in total. The third-order valence-corrected chi connectivity index (χ3v) is 4.53. The number of carbonyl (C=O) groups is 1. The molecule has 22 heavy (non-hydrogen) atoms. The van der Waals surface area contributed by atoms with Crippen molar-refractivity contribution in [2.75, 3.05) is 0 Å². The number of halogens is 1. The van der Waals surface area contributed by atoms with Crippen LogP contribution in [0.3, 0.4) is 0 Å². The van der Waals surface area contributed by atoms with E-state index in [9.17, 15) is 4.79 Å². The van der Waals surface area contributed by atoms with Gasteiger partial charge in [-0.25, -0.2) is 4.79 Å². The lowest BCUT2D eigenvalue weighted by molar-refractivity contribution is 0.131. The molecule has 116 valence electrons. The van der Waals surface area contributed by atoms with Crippen LogP contribution in [0.5, 0.6) is 0 Å². The average molecular weight is 364 g/mol. The minimum absolute atomic E-state index is 0.0393. The van der Waals surface area contributed by atoms with E-state index in [-0.39, 0.29) is 18.2 Å². The highest BCUT2D eigenvalue weighted by atomic mass is 79.9. The quantitative estimate of drug-likeness (QED) is 0.884. The summed E-state index contributed by atoms with van der Waals surface area (Å²) in [7, 11) is 0. The second kappa shape index (κ2) is 6.12. The molecule has 0 saturated heterocycles. The Labute approximate surface area is 137 Å². The van der Waals surface area contributed by atoms with E-state index in [1.54, 1.807) is 6.20 Å². The first-order valence-electron chi connectivity index (χ1n) is 7.28. The van der Waals surface area contributed by atoms with Crippen LogP contribution in [0.15, 0.2) is 47.2 Å². The van der Waals surface area contributed by atoms with E-state index in [2.05, 4.69) is 26.3 Å². The van der Waals surface area contributed by atoms with Gasteiger partial charge in [-0.05, 0) is 41.3 Å². The van der Waals surface area contributed by atoms with E-state index in [4.69, 9.17) is 4.74 Å². The molecule has 1 heterocycles. The van der Waals surface area contributed by atoms with Crippen LogP contribution in [-0.2, 0) is 16.9 Å². The van der Waals surface area contributed by atoms with Crippen LogP contribution in [0.25, 0.3) is 0 Å². The fraction of sp³-hybridized carbons (Fsp3) is 0.375. The predicted molar refractivity (Wildman–Crippen MR) is 86.4 cm³/mol. The first kappa shape index (κ1) is 15.1. The van der Waals surface area contributed by atoms with Crippen LogP contribution in [0.4, 0.5) is 4.79 Å². The lowest BCUT2D eigenvalue weighted by Crippen LogP contribution is -2.44. The predicted octanol–water partition coefficient (Wildman–Crippen LogP) is 3.45. The molecule has 3 rings (SSSR count). The standard InChI is InChI=1S/C16H18BrN3O2/c1-12(16(7-8-16)20-10-14(17)9-18-20)19-15(21)22-11-13-5-3-2-4-6-13/h2-6,9-10,12H,7-8,11H2,1H3,(H,19,21). The van der Waals surface area contributed by atoms with Crippen LogP contribution in [0.1, 0.15) is 25.3 Å². The zero-order valence-corrected chi connectivity index (χ0v) is 13.9. The van der Waals surface area contributed by atoms with Gasteiger partial charge < -0.3 is 10.1 Å². The molecule has 1 atom stereocenters. The van der Waals surface area contributed by atoms with E-state index >= 15 is 0 Å². The molecule has 0 aliphatic heterocycles. The highest BCUT2D eigenvalue weighted by Gasteiger charge is 2.50. The summed E-state index contributed by atoms with van der Waals surface area (Å²) in [4.78, 5) is 12.0. The zero-order chi connectivity index (χ0) is 15.6. The number of hydrogen-bond acceptors (Lipinski definition) is 3. The van der Waals surface area contributed by atoms with Gasteiger partial charge in [0.1, 0.15) is 6.61 Å². The number of alkyl carbamates (subject to hydrolysis) is 1. The number of nitrogens with zero attached hydrogens (tertiary/aromatic N) is 2. The number of aromatic nitrogens is 2. The lowest BCUT2D eigenvalue weighted by atomic mass is 10.1. The summed E-state index contributed by atoms with van der Waals surface area (Å²) in [5, 5.41) is 7.27. The van der Waals surface area contributed by atoms with Crippen molar-refractivity contribution in [2.24, 2.45) is 0 Å². The molecule has 6 heteroatoms. The van der Waals surface area contributed by atoms with Gasteiger partial charge in [-0.15, -0.1) is 0 Å². The molecule has 1 saturated carbocycles. The normalized spacial score (nSPS) is 16.8. The van der Waals surface area contributed by atoms with E-state index in [1.165, 1.54) is 0 Å². The van der Waals surface area contributed by atoms with Gasteiger partial charge in [0, 0.05) is 6.20 Å². The molecule has 1 fully saturated rings. The number of benzene rings is 1. The summed E-state index contributed by atoms with van der Waals surface area (Å²) in [6, 6.07) is 9.61. The van der Waals surface area contributed by atoms with E-state index in [1.807, 2.05) is 48.1 Å². The molecule has 0 spiro atoms. The maximum atomic E-state index is 12.0. The Bertz CT molecular complexity index is 652. The van der Waals surface area contributed by atoms with Gasteiger partial charge in [0.15, 0.2) is 0 Å². The molecule has 2 aromatic rings. The van der Waals surface area contributed by atoms with Crippen molar-refractivity contribution in [1.29, 1.82) is 0 Å². The van der Waals surface area contributed by atoms with E-state index in [0.29, 0.717) is 0 Å². The van der Waals surface area contributed by atoms with Gasteiger partial charge in [-0.2, -0.15) is 5.10 Å². The van der Waals surface area contributed by atoms with Crippen molar-refractivity contribution in [3.63, 3.8) is 0 Å². The molecule has 1 amide bonds. The number of hydrogen-bond donors (Lipinski definition) is 1. The Hall–Kier alpha value is -1.82. The molecule has 1 N–H and O–H groups in total. The lowest BCUT2D eigenvalue weighted by Gasteiger charge is -2.24. The summed E-state index contributed by atoms with van der Waals surface area (Å²) in [6.45, 7) is 2.27. The molecule has 0 radical (unpaired) electrons. The van der Waals surface area contributed by atoms with Crippen molar-refractivity contribution in [1.82, 2.24) is 15.1 Å². The van der Waals surface area contributed by atoms with Gasteiger partial charge in [0.2, 0.25) is 0 Å². The Morgan fingerprint density at radius 2 is 2.18 bits per heavy atom. The molecule has 0 bridgehead atoms. The van der Waals surface area contributed by atoms with Crippen LogP contribution >= 0.6 is 15.9 Å². The minimum Gasteiger partial charge on any atom is -0.445 e. The molecule has 1 aromatic carbocycles. The summed E-state index contributed by atoms with van der Waals surface area (Å²) in [6.07, 6.45) is 5.32. The van der Waals surface area contributed by atoms with Crippen molar-refractivity contribution in [2.45, 2.75) is 38.0 Å². The molecule has 1 unspecified atom stereocenters. The summed E-state index contributed by atoms with van der Waals surface area (Å²) < 4.78 is 8.15. The summed E-state index contributed by atoms with van der Waals surface area (Å²) >= 11 is 3.41. The Morgan fingerprint density at radius 1 is 1.45 bits per heavy atom. The summed E-state index contributed by atoms with van der Waals surface area (Å²) in [5.41, 5.74) is 0.847. The molecule has 1 aromatic heterocycles. The highest BCUT2D eigenvalue weighted by molar-refractivity contribution is 9.10. The Morgan fingerprint density at radius 3 is 2.77 bits per heavy atom. The van der Waals surface area contributed by atoms with Crippen LogP contribution in [-0.4, -0.2) is 21.9 Å². The monoisotopic (exact) mass is 363 g/mol. The van der Waals surface area contributed by atoms with Crippen LogP contribution in [0, 0.1) is 0 Å². The van der Waals surface area contributed by atoms with Crippen LogP contribution in [0.2, 0.25) is 0 Å². The number of amides is 1. The number of rotatable bonds is 5. The second-order valence-corrected chi connectivity index (χ2v) is 6.55. The fourth-order valence-corrected chi connectivity index (χ4v) is 2.89. The Kier molecular flexibility index (Phi) is 4.20. The third-order valence-electron chi connectivity index (χ3n) is 4.12. The van der Waals surface area contributed by atoms with Gasteiger partial charge in [0.25, 0.3) is 0 Å². The molecular weight excluding hydrogens is 346 g/mol. The largest absolute Gasteiger partial charge is 0.445 e. The highest BCUT2D eigenvalue weighted by Crippen LogP contribution is 2.46. The topological polar surface area (TPSA) is 56.1 Å². The van der Waals surface area contributed by atoms with Gasteiger partial charge >= 0.3 is 6.09 Å². The first-order chi connectivity index (χ1) is 10.6. The minimum atomic E-state index is -0.395. The zero-order valence-electron chi connectivity index (χ0n) is 12.3. The van der Waals surface area contributed by atoms with Gasteiger partial charge in [-0.1, -0.05) is 30.3 Å². The van der Waals surface area contributed by atoms with Crippen LogP contribution < -0.4 is 5.32 Å². The van der Waals surface area contributed by atoms with Gasteiger partial charge in [-0.3, -0.25) is 4.68 Å². The maximum absolute atomic E-state index is 12.0. The smallest absolute Gasteiger partial charge is 0.407 e. The number of carbonyl (C=O) groups excluding carboxylic acids is 1. The number of ether oxygens (including phenoxy) is 1. The van der Waals surface area contributed by atoms with Crippen molar-refractivity contribution >= 4 is 22.0 Å². The van der Waals surface area contributed by atoms with Gasteiger partial charge in [0.05, 0.1) is 22.3 Å². The molecular formula is C16H18BrN3O2. The number of nitrogens with one attached hydrogen (secondary N) is 1. The SMILES string of the molecule is CC(NC(=O)OCc1ccccc1)C1(n2cc(Br)cn2)CC1. The van der Waals surface area contributed by atoms with Crippen molar-refractivity contribution in [3.05, 3.63) is 52.8 Å². The van der Waals surface area contributed by atoms with E-state index in [0.717, 1.165) is 22.9 Å². The summed E-state index contributed by atoms with van der Waals surface area (Å²) in [5.74, 6) is 0. The fourth-order valence-electron chi connectivity index (χ4n) is 2.61. The van der Waals surface area contributed by atoms with Crippen molar-refractivity contribution < 1.29 is 9.53 Å².